The molecule has 1 aliphatic rings. The Labute approximate surface area is 158 Å². The van der Waals surface area contributed by atoms with Gasteiger partial charge in [-0.05, 0) is 23.8 Å². The van der Waals surface area contributed by atoms with Gasteiger partial charge in [0.25, 0.3) is 0 Å². The zero-order chi connectivity index (χ0) is 19.2. The van der Waals surface area contributed by atoms with Crippen molar-refractivity contribution in [2.24, 2.45) is 0 Å². The van der Waals surface area contributed by atoms with Crippen molar-refractivity contribution in [2.45, 2.75) is 12.6 Å². The number of hydrogen-bond donors (Lipinski definition) is 2. The summed E-state index contributed by atoms with van der Waals surface area (Å²) in [6.45, 7) is 4.04. The van der Waals surface area contributed by atoms with Crippen LogP contribution >= 0.6 is 0 Å². The van der Waals surface area contributed by atoms with Gasteiger partial charge in [-0.15, -0.1) is 0 Å². The van der Waals surface area contributed by atoms with Gasteiger partial charge >= 0.3 is 0 Å². The lowest BCUT2D eigenvalue weighted by atomic mass is 10.2. The van der Waals surface area contributed by atoms with Crippen LogP contribution in [0.1, 0.15) is 5.56 Å². The molecule has 0 amide bonds. The first kappa shape index (κ1) is 19.5. The van der Waals surface area contributed by atoms with Gasteiger partial charge in [-0.1, -0.05) is 12.1 Å². The van der Waals surface area contributed by atoms with Gasteiger partial charge in [-0.3, -0.25) is 4.90 Å². The molecule has 0 unspecified atom stereocenters. The SMILES string of the molecule is CN(C[C@@H](O)CO)c1ccnc(N2CCN(Cc3cccc(F)c3)CC2)n1. The lowest BCUT2D eigenvalue weighted by molar-refractivity contribution is 0.101. The maximum Gasteiger partial charge on any atom is 0.227 e. The molecule has 146 valence electrons. The van der Waals surface area contributed by atoms with E-state index < -0.39 is 6.10 Å². The van der Waals surface area contributed by atoms with Crippen molar-refractivity contribution in [3.05, 3.63) is 47.9 Å². The van der Waals surface area contributed by atoms with Crippen LogP contribution in [0, 0.1) is 5.82 Å². The summed E-state index contributed by atoms with van der Waals surface area (Å²) in [5.74, 6) is 1.16. The molecule has 1 fully saturated rings. The first-order valence-electron chi connectivity index (χ1n) is 9.10. The lowest BCUT2D eigenvalue weighted by Crippen LogP contribution is -2.46. The Morgan fingerprint density at radius 1 is 1.22 bits per heavy atom. The Kier molecular flexibility index (Phi) is 6.54. The van der Waals surface area contributed by atoms with Crippen LogP contribution in [0.25, 0.3) is 0 Å². The van der Waals surface area contributed by atoms with Crippen LogP contribution < -0.4 is 9.80 Å². The van der Waals surface area contributed by atoms with Gasteiger partial charge in [0.05, 0.1) is 12.7 Å². The Bertz CT molecular complexity index is 740. The average molecular weight is 375 g/mol. The minimum atomic E-state index is -0.806. The molecule has 2 heterocycles. The first-order chi connectivity index (χ1) is 13.0. The molecule has 0 aliphatic carbocycles. The van der Waals surface area contributed by atoms with Crippen LogP contribution in [0.5, 0.6) is 0 Å². The van der Waals surface area contributed by atoms with Crippen LogP contribution in [0.2, 0.25) is 0 Å². The molecule has 0 spiro atoms. The number of rotatable bonds is 7. The molecule has 1 aliphatic heterocycles. The van der Waals surface area contributed by atoms with Crippen LogP contribution in [0.3, 0.4) is 0 Å². The fourth-order valence-electron chi connectivity index (χ4n) is 3.17. The Morgan fingerprint density at radius 2 is 2.00 bits per heavy atom. The molecule has 0 radical (unpaired) electrons. The van der Waals surface area contributed by atoms with Gasteiger partial charge in [-0.2, -0.15) is 4.98 Å². The summed E-state index contributed by atoms with van der Waals surface area (Å²) in [5.41, 5.74) is 0.978. The number of likely N-dealkylation sites (N-methyl/N-ethyl adjacent to an activating group) is 1. The van der Waals surface area contributed by atoms with Crippen LogP contribution in [-0.4, -0.2) is 77.6 Å². The van der Waals surface area contributed by atoms with Crippen LogP contribution in [0.15, 0.2) is 36.5 Å². The van der Waals surface area contributed by atoms with E-state index in [0.717, 1.165) is 38.3 Å². The van der Waals surface area contributed by atoms with Gasteiger partial charge in [0, 0.05) is 52.5 Å². The minimum absolute atomic E-state index is 0.202. The monoisotopic (exact) mass is 375 g/mol. The number of aromatic nitrogens is 2. The lowest BCUT2D eigenvalue weighted by Gasteiger charge is -2.35. The maximum absolute atomic E-state index is 13.3. The number of piperazine rings is 1. The Balaban J connectivity index is 1.57. The van der Waals surface area contributed by atoms with Gasteiger partial charge in [0.15, 0.2) is 0 Å². The van der Waals surface area contributed by atoms with E-state index in [9.17, 15) is 9.50 Å². The topological polar surface area (TPSA) is 76.0 Å². The van der Waals surface area contributed by atoms with Crippen molar-refractivity contribution in [1.82, 2.24) is 14.9 Å². The summed E-state index contributed by atoms with van der Waals surface area (Å²) in [5, 5.41) is 18.6. The first-order valence-corrected chi connectivity index (χ1v) is 9.10. The van der Waals surface area contributed by atoms with E-state index in [1.165, 1.54) is 6.07 Å². The molecule has 3 rings (SSSR count). The highest BCUT2D eigenvalue weighted by Crippen LogP contribution is 2.17. The molecule has 27 heavy (non-hydrogen) atoms. The summed E-state index contributed by atoms with van der Waals surface area (Å²) in [6.07, 6.45) is 0.901. The fraction of sp³-hybridized carbons (Fsp3) is 0.474. The van der Waals surface area contributed by atoms with Crippen molar-refractivity contribution in [1.29, 1.82) is 0 Å². The summed E-state index contributed by atoms with van der Waals surface area (Å²) in [4.78, 5) is 15.2. The summed E-state index contributed by atoms with van der Waals surface area (Å²) < 4.78 is 13.3. The average Bonchev–Trinajstić information content (AvgIpc) is 2.68. The van der Waals surface area contributed by atoms with Crippen molar-refractivity contribution in [3.8, 4) is 0 Å². The number of aliphatic hydroxyl groups excluding tert-OH is 2. The molecule has 7 nitrogen and oxygen atoms in total. The Morgan fingerprint density at radius 3 is 2.70 bits per heavy atom. The van der Waals surface area contributed by atoms with Gasteiger partial charge in [0.1, 0.15) is 11.6 Å². The third kappa shape index (κ3) is 5.35. The molecule has 8 heteroatoms. The van der Waals surface area contributed by atoms with Crippen molar-refractivity contribution >= 4 is 11.8 Å². The number of aliphatic hydroxyl groups is 2. The number of halogens is 1. The summed E-state index contributed by atoms with van der Waals surface area (Å²) >= 11 is 0. The second-order valence-electron chi connectivity index (χ2n) is 6.82. The highest BCUT2D eigenvalue weighted by atomic mass is 19.1. The number of nitrogens with zero attached hydrogens (tertiary/aromatic N) is 5. The van der Waals surface area contributed by atoms with Gasteiger partial charge < -0.3 is 20.0 Å². The molecule has 1 aromatic heterocycles. The third-order valence-corrected chi connectivity index (χ3v) is 4.66. The predicted molar refractivity (Wildman–Crippen MR) is 102 cm³/mol. The zero-order valence-corrected chi connectivity index (χ0v) is 15.5. The standard InChI is InChI=1S/C19H26FN5O2/c1-23(13-17(27)14-26)18-5-6-21-19(22-18)25-9-7-24(8-10-25)12-15-3-2-4-16(20)11-15/h2-6,11,17,26-27H,7-10,12-14H2,1H3/t17-/m1/s1. The van der Waals surface area contributed by atoms with E-state index in [1.54, 1.807) is 29.3 Å². The molecule has 1 saturated heterocycles. The van der Waals surface area contributed by atoms with Gasteiger partial charge in [0.2, 0.25) is 5.95 Å². The van der Waals surface area contributed by atoms with Crippen LogP contribution in [0.4, 0.5) is 16.2 Å². The number of hydrogen-bond acceptors (Lipinski definition) is 7. The van der Waals surface area contributed by atoms with Crippen molar-refractivity contribution in [3.63, 3.8) is 0 Å². The maximum atomic E-state index is 13.3. The van der Waals surface area contributed by atoms with Crippen molar-refractivity contribution in [2.75, 3.05) is 56.2 Å². The van der Waals surface area contributed by atoms with E-state index in [2.05, 4.69) is 19.8 Å². The highest BCUT2D eigenvalue weighted by Gasteiger charge is 2.20. The molecule has 1 aromatic carbocycles. The summed E-state index contributed by atoms with van der Waals surface area (Å²) in [6, 6.07) is 8.51. The van der Waals surface area contributed by atoms with Crippen molar-refractivity contribution < 1.29 is 14.6 Å². The minimum Gasteiger partial charge on any atom is -0.394 e. The molecular weight excluding hydrogens is 349 g/mol. The quantitative estimate of drug-likeness (QED) is 0.739. The fourth-order valence-corrected chi connectivity index (χ4v) is 3.17. The molecular formula is C19H26FN5O2. The van der Waals surface area contributed by atoms with E-state index in [0.29, 0.717) is 18.3 Å². The molecule has 1 atom stereocenters. The van der Waals surface area contributed by atoms with E-state index in [1.807, 2.05) is 13.1 Å². The highest BCUT2D eigenvalue weighted by molar-refractivity contribution is 5.43. The summed E-state index contributed by atoms with van der Waals surface area (Å²) in [7, 11) is 1.82. The second kappa shape index (κ2) is 9.07. The molecule has 2 aromatic rings. The van der Waals surface area contributed by atoms with Gasteiger partial charge in [-0.25, -0.2) is 9.37 Å². The largest absolute Gasteiger partial charge is 0.394 e. The number of benzene rings is 1. The van der Waals surface area contributed by atoms with E-state index in [-0.39, 0.29) is 12.4 Å². The van der Waals surface area contributed by atoms with E-state index in [4.69, 9.17) is 5.11 Å². The second-order valence-corrected chi connectivity index (χ2v) is 6.82. The van der Waals surface area contributed by atoms with Crippen LogP contribution in [-0.2, 0) is 6.54 Å². The smallest absolute Gasteiger partial charge is 0.227 e. The zero-order valence-electron chi connectivity index (χ0n) is 15.5. The Hall–Kier alpha value is -2.29. The van der Waals surface area contributed by atoms with E-state index >= 15 is 0 Å². The molecule has 2 N–H and O–H groups in total. The third-order valence-electron chi connectivity index (χ3n) is 4.66. The molecule has 0 bridgehead atoms. The number of anilines is 2. The predicted octanol–water partition coefficient (Wildman–Crippen LogP) is 0.727. The molecule has 0 saturated carbocycles. The normalized spacial score (nSPS) is 16.4.